The van der Waals surface area contributed by atoms with Crippen LogP contribution in [0.15, 0.2) is 10.6 Å². The molecule has 28 heavy (non-hydrogen) atoms. The van der Waals surface area contributed by atoms with Crippen molar-refractivity contribution >= 4 is 23.6 Å². The molecule has 0 aromatic carbocycles. The van der Waals surface area contributed by atoms with Gasteiger partial charge in [0.2, 0.25) is 5.91 Å². The molecule has 0 radical (unpaired) electrons. The molecule has 0 aromatic rings. The Labute approximate surface area is 170 Å². The van der Waals surface area contributed by atoms with Crippen LogP contribution in [0.1, 0.15) is 52.4 Å². The van der Waals surface area contributed by atoms with E-state index in [9.17, 15) is 19.8 Å². The zero-order valence-corrected chi connectivity index (χ0v) is 17.3. The van der Waals surface area contributed by atoms with Crippen LogP contribution in [0, 0.1) is 11.8 Å². The van der Waals surface area contributed by atoms with E-state index in [2.05, 4.69) is 5.32 Å². The van der Waals surface area contributed by atoms with Gasteiger partial charge in [0.05, 0.1) is 18.1 Å². The molecule has 8 heteroatoms. The van der Waals surface area contributed by atoms with Gasteiger partial charge in [0.1, 0.15) is 5.70 Å². The van der Waals surface area contributed by atoms with Crippen LogP contribution in [-0.2, 0) is 9.59 Å². The minimum absolute atomic E-state index is 0.0414. The molecule has 1 saturated heterocycles. The lowest BCUT2D eigenvalue weighted by Gasteiger charge is -2.46. The van der Waals surface area contributed by atoms with Crippen molar-refractivity contribution in [1.82, 2.24) is 10.2 Å². The van der Waals surface area contributed by atoms with Gasteiger partial charge in [-0.15, -0.1) is 11.8 Å². The summed E-state index contributed by atoms with van der Waals surface area (Å²) in [5, 5.41) is 23.8. The van der Waals surface area contributed by atoms with Gasteiger partial charge in [-0.25, -0.2) is 4.79 Å². The number of aliphatic hydroxyl groups excluding tert-OH is 1. The zero-order valence-electron chi connectivity index (χ0n) is 16.5. The molecular formula is C20H31N3O4S. The highest BCUT2D eigenvalue weighted by Gasteiger charge is 2.60. The summed E-state index contributed by atoms with van der Waals surface area (Å²) in [5.41, 5.74) is 6.12. The smallest absolute Gasteiger partial charge is 0.353 e. The standard InChI is InChI=1S/C20H31N3O4S/c1-9-16-15(10(2)24)19(25)23(16)17(20(26)27)18(9)28-14-7-13(8-14)22-12-5-3-11(21)4-6-12/h9-16,22,24H,3-8,21H2,1-2H3,(H,26,27)/t9-,10-,11-,12+,13-,14+,15-,16-/m1/s1. The first-order valence-corrected chi connectivity index (χ1v) is 11.3. The van der Waals surface area contributed by atoms with Crippen molar-refractivity contribution in [1.29, 1.82) is 0 Å². The Balaban J connectivity index is 1.36. The number of carbonyl (C=O) groups excluding carboxylic acids is 1. The van der Waals surface area contributed by atoms with Gasteiger partial charge in [-0.05, 0) is 45.4 Å². The number of β-lactam (4-membered cyclic amide) rings is 1. The summed E-state index contributed by atoms with van der Waals surface area (Å²) in [4.78, 5) is 26.5. The van der Waals surface area contributed by atoms with Gasteiger partial charge in [-0.2, -0.15) is 0 Å². The molecule has 156 valence electrons. The largest absolute Gasteiger partial charge is 0.477 e. The van der Waals surface area contributed by atoms with Gasteiger partial charge in [-0.1, -0.05) is 6.92 Å². The van der Waals surface area contributed by atoms with Crippen molar-refractivity contribution in [3.8, 4) is 0 Å². The monoisotopic (exact) mass is 409 g/mol. The zero-order chi connectivity index (χ0) is 20.2. The first-order chi connectivity index (χ1) is 13.3. The maximum atomic E-state index is 12.4. The van der Waals surface area contributed by atoms with Gasteiger partial charge in [0.25, 0.3) is 0 Å². The Hall–Kier alpha value is -1.09. The number of nitrogens with one attached hydrogen (secondary N) is 1. The van der Waals surface area contributed by atoms with Crippen molar-refractivity contribution < 1.29 is 19.8 Å². The Morgan fingerprint density at radius 2 is 1.89 bits per heavy atom. The number of aliphatic hydroxyl groups is 1. The van der Waals surface area contributed by atoms with E-state index < -0.39 is 18.0 Å². The number of hydrogen-bond acceptors (Lipinski definition) is 6. The molecule has 7 nitrogen and oxygen atoms in total. The van der Waals surface area contributed by atoms with Crippen LogP contribution in [0.5, 0.6) is 0 Å². The Bertz CT molecular complexity index is 683. The molecule has 3 fully saturated rings. The highest BCUT2D eigenvalue weighted by Crippen LogP contribution is 2.53. The summed E-state index contributed by atoms with van der Waals surface area (Å²) in [6.45, 7) is 3.59. The van der Waals surface area contributed by atoms with Crippen molar-refractivity contribution in [2.24, 2.45) is 17.6 Å². The second-order valence-electron chi connectivity index (χ2n) is 8.96. The lowest BCUT2D eigenvalue weighted by molar-refractivity contribution is -0.163. The van der Waals surface area contributed by atoms with Crippen molar-refractivity contribution in [2.45, 2.75) is 87.9 Å². The number of thioether (sulfide) groups is 1. The summed E-state index contributed by atoms with van der Waals surface area (Å²) in [6, 6.07) is 1.18. The molecule has 2 aliphatic carbocycles. The number of fused-ring (bicyclic) bond motifs is 1. The molecule has 2 aliphatic heterocycles. The SMILES string of the molecule is C[C@@H](O)[C@H]1C(=O)N2C(C(=O)O)=C(S[C@H]3C[C@@H](N[C@H]4CC[C@@H](N)CC4)C3)[C@H](C)[C@H]12. The lowest BCUT2D eigenvalue weighted by Crippen LogP contribution is -2.63. The van der Waals surface area contributed by atoms with Crippen LogP contribution in [-0.4, -0.2) is 62.5 Å². The van der Waals surface area contributed by atoms with E-state index in [0.29, 0.717) is 23.4 Å². The third kappa shape index (κ3) is 3.38. The fourth-order valence-electron chi connectivity index (χ4n) is 5.28. The normalized spacial score (nSPS) is 41.4. The van der Waals surface area contributed by atoms with Gasteiger partial charge < -0.3 is 26.2 Å². The van der Waals surface area contributed by atoms with Gasteiger partial charge >= 0.3 is 5.97 Å². The Kier molecular flexibility index (Phi) is 5.50. The van der Waals surface area contributed by atoms with Gasteiger partial charge in [0, 0.05) is 34.2 Å². The minimum Gasteiger partial charge on any atom is -0.477 e. The number of carboxylic acids is 1. The molecule has 2 saturated carbocycles. The molecular weight excluding hydrogens is 378 g/mol. The maximum absolute atomic E-state index is 12.4. The molecule has 5 N–H and O–H groups in total. The second-order valence-corrected chi connectivity index (χ2v) is 10.3. The molecule has 0 unspecified atom stereocenters. The average Bonchev–Trinajstić information content (AvgIpc) is 2.83. The van der Waals surface area contributed by atoms with Crippen LogP contribution in [0.4, 0.5) is 0 Å². The topological polar surface area (TPSA) is 116 Å². The van der Waals surface area contributed by atoms with Crippen LogP contribution in [0.25, 0.3) is 0 Å². The second kappa shape index (κ2) is 7.63. The number of aliphatic carboxylic acids is 1. The highest BCUT2D eigenvalue weighted by atomic mass is 32.2. The molecule has 0 bridgehead atoms. The average molecular weight is 410 g/mol. The molecule has 0 aromatic heterocycles. The quantitative estimate of drug-likeness (QED) is 0.488. The third-order valence-electron chi connectivity index (χ3n) is 6.94. The van der Waals surface area contributed by atoms with E-state index >= 15 is 0 Å². The number of carbonyl (C=O) groups is 2. The number of carboxylic acid groups (broad SMARTS) is 1. The van der Waals surface area contributed by atoms with Crippen molar-refractivity contribution in [2.75, 3.05) is 0 Å². The van der Waals surface area contributed by atoms with E-state index in [-0.39, 0.29) is 23.6 Å². The Morgan fingerprint density at radius 3 is 2.46 bits per heavy atom. The van der Waals surface area contributed by atoms with E-state index in [1.165, 1.54) is 4.90 Å². The summed E-state index contributed by atoms with van der Waals surface area (Å²) < 4.78 is 0. The van der Waals surface area contributed by atoms with E-state index in [1.807, 2.05) is 6.92 Å². The molecule has 4 atom stereocenters. The number of nitrogens with two attached hydrogens (primary N) is 1. The summed E-state index contributed by atoms with van der Waals surface area (Å²) >= 11 is 1.63. The minimum atomic E-state index is -1.04. The predicted octanol–water partition coefficient (Wildman–Crippen LogP) is 1.26. The number of hydrogen-bond donors (Lipinski definition) is 4. The molecule has 4 rings (SSSR count). The summed E-state index contributed by atoms with van der Waals surface area (Å²) in [7, 11) is 0. The van der Waals surface area contributed by atoms with Crippen molar-refractivity contribution in [3.63, 3.8) is 0 Å². The van der Waals surface area contributed by atoms with E-state index in [0.717, 1.165) is 43.4 Å². The molecule has 0 spiro atoms. The Morgan fingerprint density at radius 1 is 1.25 bits per heavy atom. The van der Waals surface area contributed by atoms with Gasteiger partial charge in [0.15, 0.2) is 0 Å². The highest BCUT2D eigenvalue weighted by molar-refractivity contribution is 8.03. The fraction of sp³-hybridized carbons (Fsp3) is 0.800. The first kappa shape index (κ1) is 20.2. The summed E-state index contributed by atoms with van der Waals surface area (Å²) in [5.74, 6) is -1.83. The predicted molar refractivity (Wildman–Crippen MR) is 107 cm³/mol. The number of rotatable bonds is 6. The number of nitrogens with zero attached hydrogens (tertiary/aromatic N) is 1. The third-order valence-corrected chi connectivity index (χ3v) is 8.48. The van der Waals surface area contributed by atoms with Crippen LogP contribution >= 0.6 is 11.8 Å². The first-order valence-electron chi connectivity index (χ1n) is 10.4. The van der Waals surface area contributed by atoms with Crippen LogP contribution < -0.4 is 11.1 Å². The number of amides is 1. The van der Waals surface area contributed by atoms with Crippen molar-refractivity contribution in [3.05, 3.63) is 10.6 Å². The van der Waals surface area contributed by atoms with E-state index in [4.69, 9.17) is 5.73 Å². The molecule has 1 amide bonds. The summed E-state index contributed by atoms with van der Waals surface area (Å²) in [6.07, 6.45) is 5.75. The molecule has 2 heterocycles. The van der Waals surface area contributed by atoms with Crippen LogP contribution in [0.3, 0.4) is 0 Å². The molecule has 4 aliphatic rings. The van der Waals surface area contributed by atoms with Gasteiger partial charge in [-0.3, -0.25) is 4.79 Å². The maximum Gasteiger partial charge on any atom is 0.353 e. The fourth-order valence-corrected chi connectivity index (χ4v) is 6.94. The van der Waals surface area contributed by atoms with Crippen LogP contribution in [0.2, 0.25) is 0 Å². The van der Waals surface area contributed by atoms with E-state index in [1.54, 1.807) is 18.7 Å². The lowest BCUT2D eigenvalue weighted by atomic mass is 9.79.